The van der Waals surface area contributed by atoms with E-state index in [0.717, 1.165) is 18.8 Å². The molecule has 1 heteroatoms. The summed E-state index contributed by atoms with van der Waals surface area (Å²) in [6, 6.07) is 0. The van der Waals surface area contributed by atoms with Crippen LogP contribution in [0, 0.1) is 17.8 Å². The first-order valence-corrected chi connectivity index (χ1v) is 8.28. The fraction of sp³-hybridized carbons (Fsp3) is 0.600. The fourth-order valence-electron chi connectivity index (χ4n) is 3.65. The van der Waals surface area contributed by atoms with Gasteiger partial charge in [0, 0.05) is 11.3 Å². The van der Waals surface area contributed by atoms with Crippen molar-refractivity contribution < 1.29 is 0 Å². The van der Waals surface area contributed by atoms with Crippen molar-refractivity contribution in [1.29, 1.82) is 0 Å². The van der Waals surface area contributed by atoms with E-state index in [9.17, 15) is 0 Å². The normalized spacial score (nSPS) is 33.2. The Morgan fingerprint density at radius 1 is 1.38 bits per heavy atom. The molecule has 1 nitrogen and oxygen atoms in total. The number of nitrogens with two attached hydrogens (primary N) is 1. The molecule has 2 N–H and O–H groups in total. The van der Waals surface area contributed by atoms with E-state index < -0.39 is 0 Å². The van der Waals surface area contributed by atoms with E-state index in [1.807, 2.05) is 0 Å². The minimum atomic E-state index is 0.555. The lowest BCUT2D eigenvalue weighted by molar-refractivity contribution is 0.326. The van der Waals surface area contributed by atoms with Crippen LogP contribution in [0.2, 0.25) is 0 Å². The maximum atomic E-state index is 6.17. The average molecular weight is 287 g/mol. The highest BCUT2D eigenvalue weighted by Crippen LogP contribution is 2.37. The fourth-order valence-corrected chi connectivity index (χ4v) is 3.65. The summed E-state index contributed by atoms with van der Waals surface area (Å²) >= 11 is 0. The first kappa shape index (κ1) is 17.8. The van der Waals surface area contributed by atoms with Crippen LogP contribution < -0.4 is 5.73 Å². The van der Waals surface area contributed by atoms with Crippen molar-refractivity contribution in [3.8, 4) is 0 Å². The monoisotopic (exact) mass is 287 g/mol. The zero-order valence-electron chi connectivity index (χ0n) is 14.8. The van der Waals surface area contributed by atoms with Crippen LogP contribution in [-0.4, -0.2) is 0 Å². The lowest BCUT2D eigenvalue weighted by Gasteiger charge is -2.28. The molecule has 0 aromatic carbocycles. The second-order valence-corrected chi connectivity index (χ2v) is 7.03. The van der Waals surface area contributed by atoms with Gasteiger partial charge in [-0.25, -0.2) is 0 Å². The van der Waals surface area contributed by atoms with Gasteiger partial charge in [-0.3, -0.25) is 0 Å². The highest BCUT2D eigenvalue weighted by molar-refractivity contribution is 5.51. The van der Waals surface area contributed by atoms with E-state index in [4.69, 9.17) is 5.73 Å². The Kier molecular flexibility index (Phi) is 6.51. The largest absolute Gasteiger partial charge is 0.399 e. The molecule has 1 rings (SSSR count). The molecule has 0 spiro atoms. The van der Waals surface area contributed by atoms with Crippen molar-refractivity contribution in [2.45, 2.75) is 60.8 Å². The predicted molar refractivity (Wildman–Crippen MR) is 94.9 cm³/mol. The highest BCUT2D eigenvalue weighted by atomic mass is 14.6. The molecule has 118 valence electrons. The molecule has 1 aliphatic carbocycles. The van der Waals surface area contributed by atoms with Gasteiger partial charge in [-0.15, -0.1) is 0 Å². The van der Waals surface area contributed by atoms with Gasteiger partial charge in [0.1, 0.15) is 0 Å². The van der Waals surface area contributed by atoms with Gasteiger partial charge < -0.3 is 5.73 Å². The van der Waals surface area contributed by atoms with E-state index in [1.54, 1.807) is 0 Å². The van der Waals surface area contributed by atoms with Gasteiger partial charge in [0.05, 0.1) is 0 Å². The topological polar surface area (TPSA) is 26.0 Å². The van der Waals surface area contributed by atoms with Gasteiger partial charge in [-0.1, -0.05) is 45.1 Å². The Morgan fingerprint density at radius 3 is 2.48 bits per heavy atom. The Hall–Kier alpha value is -1.24. The highest BCUT2D eigenvalue weighted by Gasteiger charge is 2.25. The van der Waals surface area contributed by atoms with Crippen LogP contribution in [-0.2, 0) is 0 Å². The molecule has 0 saturated carbocycles. The van der Waals surface area contributed by atoms with Crippen molar-refractivity contribution >= 4 is 0 Å². The summed E-state index contributed by atoms with van der Waals surface area (Å²) in [4.78, 5) is 0. The number of hydrogen-bond acceptors (Lipinski definition) is 1. The van der Waals surface area contributed by atoms with Crippen LogP contribution in [0.25, 0.3) is 0 Å². The Bertz CT molecular complexity index is 472. The number of hydrogen-bond donors (Lipinski definition) is 1. The molecule has 0 fully saturated rings. The summed E-state index contributed by atoms with van der Waals surface area (Å²) in [5.74, 6) is 1.95. The molecular formula is C20H33N. The van der Waals surface area contributed by atoms with Crippen LogP contribution >= 0.6 is 0 Å². The maximum Gasteiger partial charge on any atom is 0.0320 e. The van der Waals surface area contributed by atoms with Crippen molar-refractivity contribution in [1.82, 2.24) is 0 Å². The van der Waals surface area contributed by atoms with Crippen LogP contribution in [0.3, 0.4) is 0 Å². The maximum absolute atomic E-state index is 6.17. The second kappa shape index (κ2) is 7.68. The molecule has 0 aromatic rings. The standard InChI is InChI=1S/C20H33N/c1-8-18-16(6)12-14(4)9-10-15(5)20(17(7)21)19(18)11-13(2)3/h10-11,14,16,18H,7-9,12,21H2,1-6H3/b15-10-,20-19+. The quantitative estimate of drug-likeness (QED) is 0.701. The lowest BCUT2D eigenvalue weighted by atomic mass is 9.77. The summed E-state index contributed by atoms with van der Waals surface area (Å²) in [5, 5.41) is 0. The predicted octanol–water partition coefficient (Wildman–Crippen LogP) is 5.76. The van der Waals surface area contributed by atoms with Crippen molar-refractivity contribution in [2.75, 3.05) is 0 Å². The zero-order valence-corrected chi connectivity index (χ0v) is 14.8. The minimum Gasteiger partial charge on any atom is -0.399 e. The molecule has 0 saturated heterocycles. The van der Waals surface area contributed by atoms with Gasteiger partial charge in [0.2, 0.25) is 0 Å². The number of allylic oxidation sites excluding steroid dienone is 5. The third kappa shape index (κ3) is 4.62. The van der Waals surface area contributed by atoms with Crippen LogP contribution in [0.5, 0.6) is 0 Å². The van der Waals surface area contributed by atoms with E-state index >= 15 is 0 Å². The van der Waals surface area contributed by atoms with Gasteiger partial charge >= 0.3 is 0 Å². The molecule has 3 unspecified atom stereocenters. The Labute approximate surface area is 131 Å². The molecule has 0 heterocycles. The van der Waals surface area contributed by atoms with E-state index in [1.165, 1.54) is 28.7 Å². The van der Waals surface area contributed by atoms with Crippen molar-refractivity contribution in [3.05, 3.63) is 46.7 Å². The molecule has 0 amide bonds. The molecule has 3 atom stereocenters. The molecule has 21 heavy (non-hydrogen) atoms. The van der Waals surface area contributed by atoms with Crippen LogP contribution in [0.4, 0.5) is 0 Å². The third-order valence-electron chi connectivity index (χ3n) is 4.58. The first-order chi connectivity index (χ1) is 9.77. The molecule has 0 bridgehead atoms. The Morgan fingerprint density at radius 2 is 2.00 bits per heavy atom. The van der Waals surface area contributed by atoms with E-state index in [-0.39, 0.29) is 0 Å². The SMILES string of the molecule is C=C(N)C1=C(\C=C(C)C)C(CC)C(C)CC(C)C/C=C\1C. The molecule has 0 aromatic heterocycles. The molecule has 0 aliphatic heterocycles. The van der Waals surface area contributed by atoms with Gasteiger partial charge in [0.15, 0.2) is 0 Å². The molecular weight excluding hydrogens is 254 g/mol. The Balaban J connectivity index is 3.56. The summed E-state index contributed by atoms with van der Waals surface area (Å²) < 4.78 is 0. The lowest BCUT2D eigenvalue weighted by Crippen LogP contribution is -2.18. The first-order valence-electron chi connectivity index (χ1n) is 8.28. The van der Waals surface area contributed by atoms with Gasteiger partial charge in [-0.05, 0) is 68.9 Å². The van der Waals surface area contributed by atoms with Crippen LogP contribution in [0.15, 0.2) is 46.7 Å². The minimum absolute atomic E-state index is 0.555. The second-order valence-electron chi connectivity index (χ2n) is 7.03. The summed E-state index contributed by atoms with van der Waals surface area (Å²) in [6.07, 6.45) is 8.22. The van der Waals surface area contributed by atoms with E-state index in [2.05, 4.69) is 60.3 Å². The average Bonchev–Trinajstić information content (AvgIpc) is 2.38. The van der Waals surface area contributed by atoms with Gasteiger partial charge in [0.25, 0.3) is 0 Å². The number of rotatable bonds is 3. The zero-order chi connectivity index (χ0) is 16.2. The summed E-state index contributed by atoms with van der Waals surface area (Å²) in [6.45, 7) is 17.6. The summed E-state index contributed by atoms with van der Waals surface area (Å²) in [7, 11) is 0. The summed E-state index contributed by atoms with van der Waals surface area (Å²) in [5.41, 5.74) is 12.1. The molecule has 1 aliphatic rings. The van der Waals surface area contributed by atoms with E-state index in [0.29, 0.717) is 17.5 Å². The van der Waals surface area contributed by atoms with Crippen molar-refractivity contribution in [3.63, 3.8) is 0 Å². The van der Waals surface area contributed by atoms with Crippen LogP contribution in [0.1, 0.15) is 60.8 Å². The van der Waals surface area contributed by atoms with Gasteiger partial charge in [-0.2, -0.15) is 0 Å². The van der Waals surface area contributed by atoms with Crippen molar-refractivity contribution in [2.24, 2.45) is 23.5 Å². The molecule has 0 radical (unpaired) electrons. The third-order valence-corrected chi connectivity index (χ3v) is 4.58. The smallest absolute Gasteiger partial charge is 0.0320 e.